The summed E-state index contributed by atoms with van der Waals surface area (Å²) < 4.78 is 23.1. The summed E-state index contributed by atoms with van der Waals surface area (Å²) in [4.78, 5) is 13.2. The number of benzene rings is 4. The van der Waals surface area contributed by atoms with E-state index >= 15 is 0 Å². The number of hydrogen-bond donors (Lipinski definition) is 0. The number of rotatable bonds is 9. The van der Waals surface area contributed by atoms with Gasteiger partial charge in [-0.1, -0.05) is 54.6 Å². The zero-order chi connectivity index (χ0) is 27.2. The Balaban J connectivity index is 1.65. The van der Waals surface area contributed by atoms with Crippen LogP contribution in [0.3, 0.4) is 0 Å². The molecule has 0 saturated heterocycles. The second-order valence-electron chi connectivity index (χ2n) is 8.99. The molecule has 0 fully saturated rings. The molecule has 0 spiro atoms. The van der Waals surface area contributed by atoms with Crippen LogP contribution in [-0.2, 0) is 0 Å². The summed E-state index contributed by atoms with van der Waals surface area (Å²) in [5.41, 5.74) is 4.39. The fourth-order valence-corrected chi connectivity index (χ4v) is 4.80. The fourth-order valence-electron chi connectivity index (χ4n) is 4.80. The largest absolute Gasteiger partial charge is 0.494 e. The number of carbonyl (C=O) groups excluding carboxylic acids is 1. The van der Waals surface area contributed by atoms with Gasteiger partial charge in [0.25, 0.3) is 0 Å². The lowest BCUT2D eigenvalue weighted by Gasteiger charge is -2.30. The first kappa shape index (κ1) is 25.9. The van der Waals surface area contributed by atoms with E-state index < -0.39 is 0 Å². The number of ether oxygens (including phenoxy) is 4. The van der Waals surface area contributed by atoms with E-state index in [-0.39, 0.29) is 11.7 Å². The maximum Gasteiger partial charge on any atom is 0.185 e. The first-order chi connectivity index (χ1) is 19.1. The molecule has 5 rings (SSSR count). The number of hydrogen-bond acceptors (Lipinski definition) is 5. The van der Waals surface area contributed by atoms with Gasteiger partial charge in [-0.2, -0.15) is 0 Å². The van der Waals surface area contributed by atoms with Crippen LogP contribution in [0.4, 0.5) is 0 Å². The Bertz CT molecular complexity index is 1520. The third-order valence-electron chi connectivity index (χ3n) is 6.66. The second-order valence-corrected chi connectivity index (χ2v) is 8.99. The Labute approximate surface area is 228 Å². The van der Waals surface area contributed by atoms with Crippen LogP contribution in [0.2, 0.25) is 0 Å². The van der Waals surface area contributed by atoms with E-state index in [1.54, 1.807) is 32.4 Å². The molecule has 5 nitrogen and oxygen atoms in total. The molecule has 5 heteroatoms. The Morgan fingerprint density at radius 1 is 0.846 bits per heavy atom. The molecule has 1 heterocycles. The minimum Gasteiger partial charge on any atom is -0.494 e. The first-order valence-electron chi connectivity index (χ1n) is 12.9. The Morgan fingerprint density at radius 3 is 2.28 bits per heavy atom. The van der Waals surface area contributed by atoms with E-state index in [2.05, 4.69) is 18.2 Å². The highest BCUT2D eigenvalue weighted by atomic mass is 16.5. The summed E-state index contributed by atoms with van der Waals surface area (Å²) >= 11 is 0. The number of carbonyl (C=O) groups is 1. The van der Waals surface area contributed by atoms with Gasteiger partial charge in [-0.3, -0.25) is 4.79 Å². The maximum absolute atomic E-state index is 13.2. The van der Waals surface area contributed by atoms with Gasteiger partial charge in [0, 0.05) is 28.2 Å². The summed E-state index contributed by atoms with van der Waals surface area (Å²) in [6.45, 7) is 2.50. The molecule has 0 aromatic heterocycles. The molecule has 0 bridgehead atoms. The van der Waals surface area contributed by atoms with Crippen LogP contribution in [0.25, 0.3) is 5.76 Å². The van der Waals surface area contributed by atoms with E-state index in [4.69, 9.17) is 18.9 Å². The molecule has 196 valence electrons. The van der Waals surface area contributed by atoms with Crippen LogP contribution in [0, 0.1) is 0 Å². The summed E-state index contributed by atoms with van der Waals surface area (Å²) in [5, 5.41) is 0. The van der Waals surface area contributed by atoms with Gasteiger partial charge in [-0.05, 0) is 67.1 Å². The quantitative estimate of drug-likeness (QED) is 0.170. The van der Waals surface area contributed by atoms with Gasteiger partial charge in [0.1, 0.15) is 17.3 Å². The van der Waals surface area contributed by atoms with Gasteiger partial charge < -0.3 is 18.9 Å². The third-order valence-corrected chi connectivity index (χ3v) is 6.66. The van der Waals surface area contributed by atoms with Crippen LogP contribution < -0.4 is 18.9 Å². The molecule has 1 atom stereocenters. The van der Waals surface area contributed by atoms with E-state index in [9.17, 15) is 4.79 Å². The standard InChI is InChI=1S/C34H30O5/c1-4-38-26-17-14-23(15-18-26)29(35)20-19-28-33(24-10-6-5-7-11-24)27-12-8-9-13-30(27)39-34(28)25-16-21-31(36-2)32(22-25)37-3/h5-22,33H,4H2,1-3H3/b20-19-/t33-/m1/s1. The summed E-state index contributed by atoms with van der Waals surface area (Å²) in [6.07, 6.45) is 3.48. The highest BCUT2D eigenvalue weighted by Crippen LogP contribution is 2.47. The van der Waals surface area contributed by atoms with Crippen molar-refractivity contribution < 1.29 is 23.7 Å². The third kappa shape index (κ3) is 5.43. The van der Waals surface area contributed by atoms with Crippen molar-refractivity contribution in [1.29, 1.82) is 0 Å². The molecule has 1 aliphatic heterocycles. The van der Waals surface area contributed by atoms with Crippen molar-refractivity contribution in [2.45, 2.75) is 12.8 Å². The van der Waals surface area contributed by atoms with Crippen LogP contribution in [0.5, 0.6) is 23.0 Å². The number of para-hydroxylation sites is 1. The molecule has 1 aliphatic rings. The Hall–Kier alpha value is -4.77. The van der Waals surface area contributed by atoms with Gasteiger partial charge in [0.2, 0.25) is 0 Å². The predicted octanol–water partition coefficient (Wildman–Crippen LogP) is 7.48. The highest BCUT2D eigenvalue weighted by Gasteiger charge is 2.31. The number of ketones is 1. The highest BCUT2D eigenvalue weighted by molar-refractivity contribution is 6.05. The molecule has 0 radical (unpaired) electrons. The van der Waals surface area contributed by atoms with Crippen molar-refractivity contribution in [2.75, 3.05) is 20.8 Å². The number of fused-ring (bicyclic) bond motifs is 1. The Morgan fingerprint density at radius 2 is 1.56 bits per heavy atom. The van der Waals surface area contributed by atoms with Gasteiger partial charge in [0.05, 0.1) is 20.8 Å². The zero-order valence-electron chi connectivity index (χ0n) is 22.2. The van der Waals surface area contributed by atoms with Crippen LogP contribution in [-0.4, -0.2) is 26.6 Å². The smallest absolute Gasteiger partial charge is 0.185 e. The molecular weight excluding hydrogens is 488 g/mol. The normalized spacial score (nSPS) is 14.5. The lowest BCUT2D eigenvalue weighted by Crippen LogP contribution is -2.16. The molecule has 4 aromatic carbocycles. The zero-order valence-corrected chi connectivity index (χ0v) is 22.2. The minimum absolute atomic E-state index is 0.108. The molecule has 0 N–H and O–H groups in total. The van der Waals surface area contributed by atoms with Crippen molar-refractivity contribution >= 4 is 11.5 Å². The van der Waals surface area contributed by atoms with Crippen LogP contribution in [0.1, 0.15) is 39.9 Å². The number of methoxy groups -OCH3 is 2. The molecule has 0 unspecified atom stereocenters. The SMILES string of the molecule is CCOc1ccc(C(=O)/C=C\C2=C(c3ccc(OC)c(OC)c3)Oc3ccccc3[C@H]2c2ccccc2)cc1. The van der Waals surface area contributed by atoms with Gasteiger partial charge in [-0.25, -0.2) is 0 Å². The fraction of sp³-hybridized carbons (Fsp3) is 0.147. The van der Waals surface area contributed by atoms with Crippen LogP contribution in [0.15, 0.2) is 115 Å². The molecule has 4 aromatic rings. The summed E-state index contributed by atoms with van der Waals surface area (Å²) in [6, 6.07) is 31.1. The van der Waals surface area contributed by atoms with Crippen molar-refractivity contribution in [2.24, 2.45) is 0 Å². The monoisotopic (exact) mass is 518 g/mol. The van der Waals surface area contributed by atoms with E-state index in [0.29, 0.717) is 29.4 Å². The average molecular weight is 519 g/mol. The maximum atomic E-state index is 13.2. The average Bonchev–Trinajstić information content (AvgIpc) is 2.99. The van der Waals surface area contributed by atoms with Gasteiger partial charge in [-0.15, -0.1) is 0 Å². The van der Waals surface area contributed by atoms with Crippen molar-refractivity contribution in [3.8, 4) is 23.0 Å². The van der Waals surface area contributed by atoms with Crippen molar-refractivity contribution in [1.82, 2.24) is 0 Å². The van der Waals surface area contributed by atoms with Crippen molar-refractivity contribution in [3.05, 3.63) is 137 Å². The molecule has 0 aliphatic carbocycles. The number of allylic oxidation sites excluding steroid dienone is 3. The minimum atomic E-state index is -0.149. The van der Waals surface area contributed by atoms with E-state index in [1.807, 2.05) is 79.7 Å². The molecular formula is C34H30O5. The van der Waals surface area contributed by atoms with Gasteiger partial charge >= 0.3 is 0 Å². The van der Waals surface area contributed by atoms with Crippen LogP contribution >= 0.6 is 0 Å². The van der Waals surface area contributed by atoms with E-state index in [1.165, 1.54) is 0 Å². The second kappa shape index (κ2) is 11.7. The predicted molar refractivity (Wildman–Crippen MR) is 153 cm³/mol. The topological polar surface area (TPSA) is 54.0 Å². The van der Waals surface area contributed by atoms with Crippen molar-refractivity contribution in [3.63, 3.8) is 0 Å². The summed E-state index contributed by atoms with van der Waals surface area (Å²) in [5.74, 6) is 3.12. The molecule has 39 heavy (non-hydrogen) atoms. The molecule has 0 amide bonds. The Kier molecular flexibility index (Phi) is 7.78. The molecule has 0 saturated carbocycles. The lowest BCUT2D eigenvalue weighted by atomic mass is 9.81. The van der Waals surface area contributed by atoms with E-state index in [0.717, 1.165) is 33.8 Å². The first-order valence-corrected chi connectivity index (χ1v) is 12.9. The van der Waals surface area contributed by atoms with Gasteiger partial charge in [0.15, 0.2) is 17.3 Å². The summed E-state index contributed by atoms with van der Waals surface area (Å²) in [7, 11) is 3.21. The lowest BCUT2D eigenvalue weighted by molar-refractivity contribution is 0.104.